The Hall–Kier alpha value is -0.570. The van der Waals surface area contributed by atoms with Crippen molar-refractivity contribution in [1.82, 2.24) is 4.90 Å². The first-order chi connectivity index (χ1) is 10.9. The lowest BCUT2D eigenvalue weighted by molar-refractivity contribution is 0.00272. The third kappa shape index (κ3) is 10.8. The second-order valence-corrected chi connectivity index (χ2v) is 5.71. The molecule has 0 amide bonds. The highest BCUT2D eigenvalue weighted by atomic mass is 16.5. The number of aliphatic imine (C=N–C) groups is 1. The molecular formula is C20H46N2O. The number of hydrogen-bond donors (Lipinski definition) is 0. The van der Waals surface area contributed by atoms with Gasteiger partial charge in [0.1, 0.15) is 6.61 Å². The predicted octanol–water partition coefficient (Wildman–Crippen LogP) is 6.17. The Balaban J connectivity index is -0.000000710. The Kier molecular flexibility index (Phi) is 21.1. The van der Waals surface area contributed by atoms with E-state index in [4.69, 9.17) is 4.74 Å². The largest absolute Gasteiger partial charge is 0.479 e. The molecule has 0 radical (unpaired) electrons. The molecule has 3 nitrogen and oxygen atoms in total. The van der Waals surface area contributed by atoms with Crippen LogP contribution in [0, 0.1) is 0 Å². The van der Waals surface area contributed by atoms with Crippen LogP contribution in [-0.2, 0) is 4.74 Å². The summed E-state index contributed by atoms with van der Waals surface area (Å²) in [4.78, 5) is 6.68. The van der Waals surface area contributed by atoms with Crippen LogP contribution in [0.4, 0.5) is 0 Å². The molecule has 0 aromatic heterocycles. The van der Waals surface area contributed by atoms with Gasteiger partial charge in [-0.05, 0) is 32.7 Å². The standard InChI is InChI=1S/C15H32N2O.C3H8.C2H6/c1-8-13(5)17(11-4)15(9-2,10-3)12-18-14(6)16-7;1-3-2;1-2/h13H,8-12H2,1-7H3;3H2,1-2H3;1-2H3. The summed E-state index contributed by atoms with van der Waals surface area (Å²) in [5.41, 5.74) is 0.135. The van der Waals surface area contributed by atoms with Gasteiger partial charge in [0.25, 0.3) is 0 Å². The van der Waals surface area contributed by atoms with Gasteiger partial charge in [0.2, 0.25) is 0 Å². The quantitative estimate of drug-likeness (QED) is 0.392. The van der Waals surface area contributed by atoms with Gasteiger partial charge in [-0.25, -0.2) is 0 Å². The molecule has 0 N–H and O–H groups in total. The number of nitrogens with zero attached hydrogens (tertiary/aromatic N) is 2. The molecule has 0 fully saturated rings. The van der Waals surface area contributed by atoms with Crippen LogP contribution in [0.25, 0.3) is 0 Å². The topological polar surface area (TPSA) is 24.8 Å². The molecule has 142 valence electrons. The van der Waals surface area contributed by atoms with E-state index in [1.54, 1.807) is 7.05 Å². The van der Waals surface area contributed by atoms with Crippen LogP contribution in [0.15, 0.2) is 4.99 Å². The molecular weight excluding hydrogens is 284 g/mol. The van der Waals surface area contributed by atoms with E-state index in [1.807, 2.05) is 20.8 Å². The minimum atomic E-state index is 0.135. The summed E-state index contributed by atoms with van der Waals surface area (Å²) >= 11 is 0. The van der Waals surface area contributed by atoms with Crippen LogP contribution in [0.1, 0.15) is 94.9 Å². The molecule has 23 heavy (non-hydrogen) atoms. The van der Waals surface area contributed by atoms with E-state index >= 15 is 0 Å². The van der Waals surface area contributed by atoms with Gasteiger partial charge in [-0.2, -0.15) is 0 Å². The highest BCUT2D eigenvalue weighted by Crippen LogP contribution is 2.27. The second-order valence-electron chi connectivity index (χ2n) is 5.71. The summed E-state index contributed by atoms with van der Waals surface area (Å²) in [5, 5.41) is 0. The average Bonchev–Trinajstić information content (AvgIpc) is 2.60. The predicted molar refractivity (Wildman–Crippen MR) is 108 cm³/mol. The van der Waals surface area contributed by atoms with Crippen molar-refractivity contribution in [3.63, 3.8) is 0 Å². The summed E-state index contributed by atoms with van der Waals surface area (Å²) < 4.78 is 5.82. The van der Waals surface area contributed by atoms with E-state index in [0.29, 0.717) is 6.04 Å². The molecule has 0 saturated heterocycles. The Labute approximate surface area is 147 Å². The fourth-order valence-electron chi connectivity index (χ4n) is 2.58. The van der Waals surface area contributed by atoms with Crippen molar-refractivity contribution in [3.8, 4) is 0 Å². The van der Waals surface area contributed by atoms with Crippen molar-refractivity contribution in [2.45, 2.75) is 107 Å². The first-order valence-electron chi connectivity index (χ1n) is 9.75. The molecule has 0 aliphatic heterocycles. The Morgan fingerprint density at radius 2 is 1.48 bits per heavy atom. The van der Waals surface area contributed by atoms with E-state index in [9.17, 15) is 0 Å². The molecule has 0 aliphatic rings. The van der Waals surface area contributed by atoms with Crippen LogP contribution in [-0.4, -0.2) is 42.6 Å². The molecule has 0 aromatic rings. The number of hydrogen-bond acceptors (Lipinski definition) is 3. The SMILES string of the molecule is CC.CCC.CCC(C)N(CC)C(CC)(CC)COC(C)=NC. The van der Waals surface area contributed by atoms with E-state index in [2.05, 4.69) is 58.4 Å². The molecule has 0 heterocycles. The molecule has 3 heteroatoms. The van der Waals surface area contributed by atoms with E-state index in [1.165, 1.54) is 12.8 Å². The van der Waals surface area contributed by atoms with Crippen LogP contribution in [0.2, 0.25) is 0 Å². The molecule has 1 unspecified atom stereocenters. The Morgan fingerprint density at radius 3 is 1.74 bits per heavy atom. The molecule has 0 aliphatic carbocycles. The monoisotopic (exact) mass is 330 g/mol. The van der Waals surface area contributed by atoms with E-state index < -0.39 is 0 Å². The van der Waals surface area contributed by atoms with Gasteiger partial charge in [0.05, 0.1) is 5.54 Å². The zero-order valence-electron chi connectivity index (χ0n) is 18.1. The lowest BCUT2D eigenvalue weighted by Crippen LogP contribution is -2.55. The molecule has 0 saturated carbocycles. The van der Waals surface area contributed by atoms with Crippen LogP contribution < -0.4 is 0 Å². The first kappa shape index (κ1) is 27.3. The highest BCUT2D eigenvalue weighted by Gasteiger charge is 2.35. The maximum Gasteiger partial charge on any atom is 0.179 e. The summed E-state index contributed by atoms with van der Waals surface area (Å²) in [5.74, 6) is 0.779. The fraction of sp³-hybridized carbons (Fsp3) is 0.950. The Morgan fingerprint density at radius 1 is 1.04 bits per heavy atom. The van der Waals surface area contributed by atoms with Crippen molar-refractivity contribution in [2.24, 2.45) is 4.99 Å². The molecule has 0 spiro atoms. The molecule has 0 rings (SSSR count). The van der Waals surface area contributed by atoms with E-state index in [-0.39, 0.29) is 5.54 Å². The smallest absolute Gasteiger partial charge is 0.179 e. The maximum absolute atomic E-state index is 5.82. The van der Waals surface area contributed by atoms with Crippen molar-refractivity contribution < 1.29 is 4.74 Å². The summed E-state index contributed by atoms with van der Waals surface area (Å²) in [6, 6.07) is 0.595. The van der Waals surface area contributed by atoms with Gasteiger partial charge < -0.3 is 4.74 Å². The summed E-state index contributed by atoms with van der Waals surface area (Å²) in [6.07, 6.45) is 4.65. The van der Waals surface area contributed by atoms with Gasteiger partial charge in [-0.1, -0.05) is 61.8 Å². The van der Waals surface area contributed by atoms with Gasteiger partial charge in [-0.15, -0.1) is 0 Å². The van der Waals surface area contributed by atoms with Crippen molar-refractivity contribution in [3.05, 3.63) is 0 Å². The zero-order valence-corrected chi connectivity index (χ0v) is 18.1. The van der Waals surface area contributed by atoms with Gasteiger partial charge >= 0.3 is 0 Å². The number of rotatable bonds is 8. The minimum Gasteiger partial charge on any atom is -0.479 e. The zero-order chi connectivity index (χ0) is 18.9. The van der Waals surface area contributed by atoms with Crippen molar-refractivity contribution >= 4 is 5.90 Å². The summed E-state index contributed by atoms with van der Waals surface area (Å²) in [7, 11) is 1.78. The van der Waals surface area contributed by atoms with Gasteiger partial charge in [-0.3, -0.25) is 9.89 Å². The lowest BCUT2D eigenvalue weighted by atomic mass is 9.89. The summed E-state index contributed by atoms with van der Waals surface area (Å²) in [6.45, 7) is 23.3. The number of ether oxygens (including phenoxy) is 1. The third-order valence-corrected chi connectivity index (χ3v) is 4.25. The van der Waals surface area contributed by atoms with Crippen molar-refractivity contribution in [1.29, 1.82) is 0 Å². The molecule has 0 bridgehead atoms. The average molecular weight is 331 g/mol. The van der Waals surface area contributed by atoms with Crippen LogP contribution in [0.3, 0.4) is 0 Å². The fourth-order valence-corrected chi connectivity index (χ4v) is 2.58. The van der Waals surface area contributed by atoms with Crippen molar-refractivity contribution in [2.75, 3.05) is 20.2 Å². The molecule has 0 aromatic carbocycles. The van der Waals surface area contributed by atoms with Gasteiger partial charge in [0, 0.05) is 20.0 Å². The van der Waals surface area contributed by atoms with E-state index in [0.717, 1.165) is 31.9 Å². The van der Waals surface area contributed by atoms with Gasteiger partial charge in [0.15, 0.2) is 5.90 Å². The highest BCUT2D eigenvalue weighted by molar-refractivity contribution is 5.72. The second kappa shape index (κ2) is 17.8. The molecule has 1 atom stereocenters. The first-order valence-corrected chi connectivity index (χ1v) is 9.75. The lowest BCUT2D eigenvalue weighted by Gasteiger charge is -2.45. The normalized spacial score (nSPS) is 12.8. The minimum absolute atomic E-state index is 0.135. The van der Waals surface area contributed by atoms with Crippen LogP contribution in [0.5, 0.6) is 0 Å². The number of likely N-dealkylation sites (N-methyl/N-ethyl adjacent to an activating group) is 1. The van der Waals surface area contributed by atoms with Crippen LogP contribution >= 0.6 is 0 Å². The maximum atomic E-state index is 5.82. The Bertz CT molecular complexity index is 260. The third-order valence-electron chi connectivity index (χ3n) is 4.25.